The summed E-state index contributed by atoms with van der Waals surface area (Å²) >= 11 is 1.41. The molecule has 0 aliphatic carbocycles. The summed E-state index contributed by atoms with van der Waals surface area (Å²) in [4.78, 5) is 1.11. The van der Waals surface area contributed by atoms with Gasteiger partial charge in [0.1, 0.15) is 18.5 Å². The van der Waals surface area contributed by atoms with Gasteiger partial charge in [0.25, 0.3) is 0 Å². The SMILES string of the molecule is Cc1nnsc1-c1ccc(OCC2CO2)cc1. The second-order valence-electron chi connectivity index (χ2n) is 3.98. The number of aromatic nitrogens is 2. The van der Waals surface area contributed by atoms with Crippen molar-refractivity contribution in [3.05, 3.63) is 30.0 Å². The van der Waals surface area contributed by atoms with Crippen molar-refractivity contribution < 1.29 is 9.47 Å². The van der Waals surface area contributed by atoms with Crippen molar-refractivity contribution in [2.45, 2.75) is 13.0 Å². The zero-order valence-corrected chi connectivity index (χ0v) is 10.2. The molecule has 17 heavy (non-hydrogen) atoms. The maximum Gasteiger partial charge on any atom is 0.119 e. The number of ether oxygens (including phenoxy) is 2. The molecule has 0 spiro atoms. The summed E-state index contributed by atoms with van der Waals surface area (Å²) < 4.78 is 14.6. The highest BCUT2D eigenvalue weighted by molar-refractivity contribution is 7.09. The number of hydrogen-bond donors (Lipinski definition) is 0. The molecule has 0 amide bonds. The minimum Gasteiger partial charge on any atom is -0.491 e. The smallest absolute Gasteiger partial charge is 0.119 e. The number of epoxide rings is 1. The van der Waals surface area contributed by atoms with E-state index in [4.69, 9.17) is 9.47 Å². The molecule has 3 rings (SSSR count). The fourth-order valence-corrected chi connectivity index (χ4v) is 2.21. The van der Waals surface area contributed by atoms with Crippen LogP contribution < -0.4 is 4.74 Å². The van der Waals surface area contributed by atoms with E-state index in [2.05, 4.69) is 9.59 Å². The molecular weight excluding hydrogens is 236 g/mol. The second kappa shape index (κ2) is 4.43. The van der Waals surface area contributed by atoms with Gasteiger partial charge in [-0.25, -0.2) is 0 Å². The van der Waals surface area contributed by atoms with Crippen LogP contribution in [0.5, 0.6) is 5.75 Å². The zero-order chi connectivity index (χ0) is 11.7. The molecule has 1 atom stereocenters. The van der Waals surface area contributed by atoms with Crippen LogP contribution in [0.3, 0.4) is 0 Å². The first kappa shape index (κ1) is 10.7. The third kappa shape index (κ3) is 2.45. The third-order valence-electron chi connectivity index (χ3n) is 2.61. The molecule has 1 aromatic heterocycles. The number of benzene rings is 1. The lowest BCUT2D eigenvalue weighted by Crippen LogP contribution is -2.03. The van der Waals surface area contributed by atoms with Gasteiger partial charge in [-0.2, -0.15) is 0 Å². The minimum absolute atomic E-state index is 0.294. The van der Waals surface area contributed by atoms with E-state index < -0.39 is 0 Å². The van der Waals surface area contributed by atoms with Crippen molar-refractivity contribution in [2.24, 2.45) is 0 Å². The van der Waals surface area contributed by atoms with Crippen molar-refractivity contribution >= 4 is 11.5 Å². The Bertz CT molecular complexity index is 505. The Morgan fingerprint density at radius 1 is 1.41 bits per heavy atom. The van der Waals surface area contributed by atoms with E-state index in [0.717, 1.165) is 28.5 Å². The summed E-state index contributed by atoms with van der Waals surface area (Å²) in [5.41, 5.74) is 2.10. The highest BCUT2D eigenvalue weighted by atomic mass is 32.1. The summed E-state index contributed by atoms with van der Waals surface area (Å²) in [5, 5.41) is 4.00. The molecule has 4 nitrogen and oxygen atoms in total. The molecule has 0 radical (unpaired) electrons. The highest BCUT2D eigenvalue weighted by Gasteiger charge is 2.22. The first-order valence-electron chi connectivity index (χ1n) is 5.47. The molecule has 5 heteroatoms. The average Bonchev–Trinajstić information content (AvgIpc) is 3.09. The van der Waals surface area contributed by atoms with Crippen molar-refractivity contribution in [3.63, 3.8) is 0 Å². The van der Waals surface area contributed by atoms with Crippen LogP contribution in [0.1, 0.15) is 5.69 Å². The van der Waals surface area contributed by atoms with Gasteiger partial charge in [-0.15, -0.1) is 5.10 Å². The molecular formula is C12H12N2O2S. The van der Waals surface area contributed by atoms with Crippen LogP contribution in [-0.2, 0) is 4.74 Å². The van der Waals surface area contributed by atoms with E-state index in [1.165, 1.54) is 11.5 Å². The van der Waals surface area contributed by atoms with Gasteiger partial charge in [-0.3, -0.25) is 0 Å². The van der Waals surface area contributed by atoms with Gasteiger partial charge in [0.2, 0.25) is 0 Å². The molecule has 1 unspecified atom stereocenters. The summed E-state index contributed by atoms with van der Waals surface area (Å²) in [5.74, 6) is 0.874. The molecule has 2 heterocycles. The number of rotatable bonds is 4. The van der Waals surface area contributed by atoms with E-state index in [-0.39, 0.29) is 0 Å². The Kier molecular flexibility index (Phi) is 2.78. The van der Waals surface area contributed by atoms with Crippen molar-refractivity contribution in [3.8, 4) is 16.2 Å². The minimum atomic E-state index is 0.294. The fraction of sp³-hybridized carbons (Fsp3) is 0.333. The lowest BCUT2D eigenvalue weighted by Gasteiger charge is -2.04. The van der Waals surface area contributed by atoms with Gasteiger partial charge in [-0.05, 0) is 48.3 Å². The Morgan fingerprint density at radius 2 is 2.18 bits per heavy atom. The molecule has 88 valence electrons. The maximum atomic E-state index is 5.58. The first-order valence-corrected chi connectivity index (χ1v) is 6.24. The van der Waals surface area contributed by atoms with E-state index >= 15 is 0 Å². The topological polar surface area (TPSA) is 47.5 Å². The molecule has 0 saturated carbocycles. The van der Waals surface area contributed by atoms with Crippen LogP contribution >= 0.6 is 11.5 Å². The fourth-order valence-electron chi connectivity index (χ4n) is 1.55. The quantitative estimate of drug-likeness (QED) is 0.779. The molecule has 0 bridgehead atoms. The van der Waals surface area contributed by atoms with Gasteiger partial charge >= 0.3 is 0 Å². The predicted molar refractivity (Wildman–Crippen MR) is 65.3 cm³/mol. The molecule has 1 fully saturated rings. The molecule has 1 aromatic carbocycles. The molecule has 1 aliphatic heterocycles. The first-order chi connectivity index (χ1) is 8.33. The third-order valence-corrected chi connectivity index (χ3v) is 3.48. The van der Waals surface area contributed by atoms with Gasteiger partial charge in [0, 0.05) is 0 Å². The molecule has 0 N–H and O–H groups in total. The Hall–Kier alpha value is -1.46. The predicted octanol–water partition coefficient (Wildman–Crippen LogP) is 2.29. The van der Waals surface area contributed by atoms with Crippen LogP contribution in [0.15, 0.2) is 24.3 Å². The van der Waals surface area contributed by atoms with Crippen molar-refractivity contribution in [1.29, 1.82) is 0 Å². The molecule has 1 saturated heterocycles. The Labute approximate surface area is 103 Å². The van der Waals surface area contributed by atoms with Crippen LogP contribution in [0, 0.1) is 6.92 Å². The van der Waals surface area contributed by atoms with E-state index in [1.807, 2.05) is 31.2 Å². The Balaban J connectivity index is 1.72. The van der Waals surface area contributed by atoms with E-state index in [1.54, 1.807) is 0 Å². The van der Waals surface area contributed by atoms with Gasteiger partial charge in [0.15, 0.2) is 0 Å². The van der Waals surface area contributed by atoms with Crippen molar-refractivity contribution in [1.82, 2.24) is 9.59 Å². The largest absolute Gasteiger partial charge is 0.491 e. The van der Waals surface area contributed by atoms with E-state index in [9.17, 15) is 0 Å². The van der Waals surface area contributed by atoms with Gasteiger partial charge in [0.05, 0.1) is 17.2 Å². The summed E-state index contributed by atoms with van der Waals surface area (Å²) in [6.07, 6.45) is 0.294. The molecule has 2 aromatic rings. The van der Waals surface area contributed by atoms with Crippen LogP contribution in [0.2, 0.25) is 0 Å². The van der Waals surface area contributed by atoms with Gasteiger partial charge < -0.3 is 9.47 Å². The number of hydrogen-bond acceptors (Lipinski definition) is 5. The average molecular weight is 248 g/mol. The standard InChI is InChI=1S/C12H12N2O2S/c1-8-12(17-14-13-8)9-2-4-10(5-3-9)15-6-11-7-16-11/h2-5,11H,6-7H2,1H3. The number of aryl methyl sites for hydroxylation is 1. The monoisotopic (exact) mass is 248 g/mol. The summed E-state index contributed by atoms with van der Waals surface area (Å²) in [6.45, 7) is 3.43. The van der Waals surface area contributed by atoms with Gasteiger partial charge in [-0.1, -0.05) is 4.49 Å². The molecule has 1 aliphatic rings. The van der Waals surface area contributed by atoms with Crippen LogP contribution in [-0.4, -0.2) is 28.9 Å². The summed E-state index contributed by atoms with van der Waals surface area (Å²) in [6, 6.07) is 8.00. The van der Waals surface area contributed by atoms with Crippen LogP contribution in [0.25, 0.3) is 10.4 Å². The Morgan fingerprint density at radius 3 is 2.76 bits per heavy atom. The lowest BCUT2D eigenvalue weighted by molar-refractivity contribution is 0.263. The summed E-state index contributed by atoms with van der Waals surface area (Å²) in [7, 11) is 0. The van der Waals surface area contributed by atoms with E-state index in [0.29, 0.717) is 12.7 Å². The second-order valence-corrected chi connectivity index (χ2v) is 4.73. The highest BCUT2D eigenvalue weighted by Crippen LogP contribution is 2.27. The number of nitrogens with zero attached hydrogens (tertiary/aromatic N) is 2. The normalized spacial score (nSPS) is 18.1. The van der Waals surface area contributed by atoms with Crippen LogP contribution in [0.4, 0.5) is 0 Å². The zero-order valence-electron chi connectivity index (χ0n) is 9.42. The lowest BCUT2D eigenvalue weighted by atomic mass is 10.1. The maximum absolute atomic E-state index is 5.58. The van der Waals surface area contributed by atoms with Crippen molar-refractivity contribution in [2.75, 3.05) is 13.2 Å².